The molecule has 3 atom stereocenters. The molecule has 0 aromatic rings. The molecule has 1 heteroatoms. The highest BCUT2D eigenvalue weighted by Crippen LogP contribution is 2.31. The number of nitrogens with two attached hydrogens (primary N) is 1. The van der Waals surface area contributed by atoms with Crippen LogP contribution in [0.2, 0.25) is 0 Å². The van der Waals surface area contributed by atoms with Crippen LogP contribution in [0.5, 0.6) is 0 Å². The average molecular weight is 155 g/mol. The minimum atomic E-state index is 0.471. The maximum Gasteiger partial charge on any atom is 0.00721 e. The topological polar surface area (TPSA) is 26.0 Å². The molecule has 1 rings (SSSR count). The molecule has 0 amide bonds. The van der Waals surface area contributed by atoms with Crippen molar-refractivity contribution in [1.29, 1.82) is 0 Å². The van der Waals surface area contributed by atoms with Crippen molar-refractivity contribution in [3.8, 4) is 0 Å². The van der Waals surface area contributed by atoms with Crippen LogP contribution in [0.3, 0.4) is 0 Å². The molecule has 1 fully saturated rings. The Morgan fingerprint density at radius 2 is 1.91 bits per heavy atom. The molecule has 0 radical (unpaired) electrons. The molecule has 1 nitrogen and oxygen atoms in total. The van der Waals surface area contributed by atoms with E-state index in [1.54, 1.807) is 0 Å². The quantitative estimate of drug-likeness (QED) is 0.618. The molecule has 0 spiro atoms. The summed E-state index contributed by atoms with van der Waals surface area (Å²) in [5, 5.41) is 0. The summed E-state index contributed by atoms with van der Waals surface area (Å²) in [5.41, 5.74) is 6.07. The molecule has 0 aromatic heterocycles. The second kappa shape index (κ2) is 3.57. The zero-order chi connectivity index (χ0) is 8.43. The second-order valence-electron chi connectivity index (χ2n) is 4.49. The minimum Gasteiger partial charge on any atom is -0.327 e. The fraction of sp³-hybridized carbons (Fsp3) is 1.00. The van der Waals surface area contributed by atoms with Gasteiger partial charge in [0.25, 0.3) is 0 Å². The Morgan fingerprint density at radius 3 is 2.36 bits per heavy atom. The lowest BCUT2D eigenvalue weighted by Crippen LogP contribution is -2.38. The second-order valence-corrected chi connectivity index (χ2v) is 4.49. The van der Waals surface area contributed by atoms with Gasteiger partial charge in [-0.15, -0.1) is 0 Å². The van der Waals surface area contributed by atoms with Crippen molar-refractivity contribution in [1.82, 2.24) is 0 Å². The molecule has 0 aromatic carbocycles. The van der Waals surface area contributed by atoms with Crippen molar-refractivity contribution in [3.05, 3.63) is 0 Å². The summed E-state index contributed by atoms with van der Waals surface area (Å²) in [6, 6.07) is 0.471. The molecule has 66 valence electrons. The summed E-state index contributed by atoms with van der Waals surface area (Å²) in [6.07, 6.45) is 3.97. The number of rotatable bonds is 1. The van der Waals surface area contributed by atoms with E-state index in [4.69, 9.17) is 5.73 Å². The molecule has 0 heterocycles. The fourth-order valence-corrected chi connectivity index (χ4v) is 2.28. The van der Waals surface area contributed by atoms with Crippen LogP contribution in [0.15, 0.2) is 0 Å². The first-order valence-corrected chi connectivity index (χ1v) is 4.87. The van der Waals surface area contributed by atoms with E-state index in [-0.39, 0.29) is 0 Å². The van der Waals surface area contributed by atoms with Gasteiger partial charge in [0.15, 0.2) is 0 Å². The summed E-state index contributed by atoms with van der Waals surface area (Å²) in [5.74, 6) is 2.42. The van der Waals surface area contributed by atoms with Gasteiger partial charge in [-0.05, 0) is 30.6 Å². The smallest absolute Gasteiger partial charge is 0.00721 e. The lowest BCUT2D eigenvalue weighted by molar-refractivity contribution is 0.199. The van der Waals surface area contributed by atoms with Crippen LogP contribution in [0, 0.1) is 17.8 Å². The number of hydrogen-bond donors (Lipinski definition) is 1. The van der Waals surface area contributed by atoms with Crippen molar-refractivity contribution in [2.75, 3.05) is 0 Å². The van der Waals surface area contributed by atoms with Crippen LogP contribution < -0.4 is 5.73 Å². The Hall–Kier alpha value is -0.0400. The molecule has 0 saturated heterocycles. The third kappa shape index (κ3) is 2.19. The first-order chi connectivity index (χ1) is 5.11. The van der Waals surface area contributed by atoms with Gasteiger partial charge in [0, 0.05) is 6.04 Å². The van der Waals surface area contributed by atoms with Gasteiger partial charge in [0.1, 0.15) is 0 Å². The average Bonchev–Trinajstić information content (AvgIpc) is 1.85. The Morgan fingerprint density at radius 1 is 1.27 bits per heavy atom. The molecule has 11 heavy (non-hydrogen) atoms. The van der Waals surface area contributed by atoms with Gasteiger partial charge in [0.2, 0.25) is 0 Å². The highest BCUT2D eigenvalue weighted by Gasteiger charge is 2.27. The standard InChI is InChI=1S/C10H21N/c1-7(2)9-5-4-8(3)6-10(9)11/h7-10H,4-6,11H2,1-3H3/t8-,9?,10+/m0/s1. The van der Waals surface area contributed by atoms with E-state index in [0.717, 1.165) is 17.8 Å². The molecule has 2 N–H and O–H groups in total. The Bertz CT molecular complexity index is 120. The van der Waals surface area contributed by atoms with Gasteiger partial charge in [-0.25, -0.2) is 0 Å². The van der Waals surface area contributed by atoms with Gasteiger partial charge in [-0.2, -0.15) is 0 Å². The van der Waals surface area contributed by atoms with Crippen molar-refractivity contribution < 1.29 is 0 Å². The fourth-order valence-electron chi connectivity index (χ4n) is 2.28. The van der Waals surface area contributed by atoms with Crippen molar-refractivity contribution >= 4 is 0 Å². The molecule has 1 unspecified atom stereocenters. The molecule has 1 aliphatic rings. The normalized spacial score (nSPS) is 39.5. The SMILES string of the molecule is CC(C)C1CC[C@H](C)C[C@H]1N. The number of hydrogen-bond acceptors (Lipinski definition) is 1. The highest BCUT2D eigenvalue weighted by atomic mass is 14.7. The minimum absolute atomic E-state index is 0.471. The third-order valence-electron chi connectivity index (χ3n) is 3.07. The van der Waals surface area contributed by atoms with Crippen molar-refractivity contribution in [2.45, 2.75) is 46.1 Å². The monoisotopic (exact) mass is 155 g/mol. The van der Waals surface area contributed by atoms with E-state index in [9.17, 15) is 0 Å². The lowest BCUT2D eigenvalue weighted by atomic mass is 9.74. The Labute approximate surface area is 70.4 Å². The van der Waals surface area contributed by atoms with Gasteiger partial charge >= 0.3 is 0 Å². The summed E-state index contributed by atoms with van der Waals surface area (Å²) in [4.78, 5) is 0. The third-order valence-corrected chi connectivity index (χ3v) is 3.07. The summed E-state index contributed by atoms with van der Waals surface area (Å²) < 4.78 is 0. The maximum atomic E-state index is 6.07. The van der Waals surface area contributed by atoms with Gasteiger partial charge < -0.3 is 5.73 Å². The van der Waals surface area contributed by atoms with E-state index in [1.807, 2.05) is 0 Å². The maximum absolute atomic E-state index is 6.07. The summed E-state index contributed by atoms with van der Waals surface area (Å²) in [7, 11) is 0. The van der Waals surface area contributed by atoms with E-state index in [2.05, 4.69) is 20.8 Å². The predicted octanol–water partition coefficient (Wildman–Crippen LogP) is 2.41. The molecular weight excluding hydrogens is 134 g/mol. The van der Waals surface area contributed by atoms with E-state index in [1.165, 1.54) is 19.3 Å². The molecular formula is C10H21N. The van der Waals surface area contributed by atoms with Crippen molar-refractivity contribution in [2.24, 2.45) is 23.5 Å². The highest BCUT2D eigenvalue weighted by molar-refractivity contribution is 4.82. The van der Waals surface area contributed by atoms with Gasteiger partial charge in [-0.1, -0.05) is 27.2 Å². The van der Waals surface area contributed by atoms with Crippen molar-refractivity contribution in [3.63, 3.8) is 0 Å². The van der Waals surface area contributed by atoms with Crippen LogP contribution >= 0.6 is 0 Å². The van der Waals surface area contributed by atoms with Crippen LogP contribution in [-0.2, 0) is 0 Å². The Kier molecular flexibility index (Phi) is 2.94. The van der Waals surface area contributed by atoms with E-state index in [0.29, 0.717) is 6.04 Å². The van der Waals surface area contributed by atoms with E-state index < -0.39 is 0 Å². The first-order valence-electron chi connectivity index (χ1n) is 4.87. The van der Waals surface area contributed by atoms with Gasteiger partial charge in [0.05, 0.1) is 0 Å². The molecule has 1 aliphatic carbocycles. The van der Waals surface area contributed by atoms with Crippen LogP contribution in [-0.4, -0.2) is 6.04 Å². The zero-order valence-corrected chi connectivity index (χ0v) is 8.01. The lowest BCUT2D eigenvalue weighted by Gasteiger charge is -2.34. The summed E-state index contributed by atoms with van der Waals surface area (Å²) in [6.45, 7) is 6.90. The van der Waals surface area contributed by atoms with Crippen LogP contribution in [0.4, 0.5) is 0 Å². The molecule has 0 aliphatic heterocycles. The first kappa shape index (κ1) is 9.05. The molecule has 0 bridgehead atoms. The van der Waals surface area contributed by atoms with Crippen LogP contribution in [0.1, 0.15) is 40.0 Å². The Balaban J connectivity index is 2.44. The predicted molar refractivity (Wildman–Crippen MR) is 49.3 cm³/mol. The van der Waals surface area contributed by atoms with Crippen LogP contribution in [0.25, 0.3) is 0 Å². The zero-order valence-electron chi connectivity index (χ0n) is 8.01. The largest absolute Gasteiger partial charge is 0.327 e. The summed E-state index contributed by atoms with van der Waals surface area (Å²) >= 11 is 0. The van der Waals surface area contributed by atoms with E-state index >= 15 is 0 Å². The molecule has 1 saturated carbocycles. The van der Waals surface area contributed by atoms with Gasteiger partial charge in [-0.3, -0.25) is 0 Å².